The maximum atomic E-state index is 12.2. The van der Waals surface area contributed by atoms with Crippen molar-refractivity contribution < 1.29 is 14.5 Å². The average molecular weight is 323 g/mol. The molecule has 124 valence electrons. The number of hydrogen-bond acceptors (Lipinski definition) is 3. The first kappa shape index (κ1) is 16.7. The number of rotatable bonds is 5. The first-order chi connectivity index (χ1) is 11.5. The molecule has 0 radical (unpaired) electrons. The second kappa shape index (κ2) is 7.20. The molecule has 0 atom stereocenters. The van der Waals surface area contributed by atoms with Crippen molar-refractivity contribution in [1.29, 1.82) is 0 Å². The molecule has 3 rings (SSSR count). The first-order valence-electron chi connectivity index (χ1n) is 8.34. The van der Waals surface area contributed by atoms with Crippen LogP contribution in [-0.4, -0.2) is 18.0 Å². The van der Waals surface area contributed by atoms with E-state index in [0.29, 0.717) is 25.4 Å². The van der Waals surface area contributed by atoms with E-state index in [0.717, 1.165) is 22.3 Å². The summed E-state index contributed by atoms with van der Waals surface area (Å²) in [5.41, 5.74) is 4.84. The van der Waals surface area contributed by atoms with Crippen LogP contribution in [-0.2, 0) is 22.5 Å². The van der Waals surface area contributed by atoms with Crippen molar-refractivity contribution in [2.45, 2.75) is 39.2 Å². The van der Waals surface area contributed by atoms with E-state index in [4.69, 9.17) is 4.65 Å². The number of aryl methyl sites for hydroxylation is 1. The molecule has 0 aliphatic carbocycles. The van der Waals surface area contributed by atoms with E-state index in [1.807, 2.05) is 36.4 Å². The number of carbonyl (C=O) groups is 1. The Morgan fingerprint density at radius 1 is 1.29 bits per heavy atom. The van der Waals surface area contributed by atoms with E-state index in [-0.39, 0.29) is 5.91 Å². The number of fused-ring (bicyclic) bond motifs is 1. The SMILES string of the molecule is CC(C)c1cccc(NC(=O)CCc2cccc3c2B(O)OC3)c1. The lowest BCUT2D eigenvalue weighted by Crippen LogP contribution is -2.31. The highest BCUT2D eigenvalue weighted by Gasteiger charge is 2.29. The minimum Gasteiger partial charge on any atom is -0.423 e. The Hall–Kier alpha value is -2.11. The van der Waals surface area contributed by atoms with Gasteiger partial charge < -0.3 is 15.0 Å². The standard InChI is InChI=1S/C19H22BNO3/c1-13(2)15-6-4-8-17(11-15)21-18(22)10-9-14-5-3-7-16-12-24-20(23)19(14)16/h3-8,11,13,23H,9-10,12H2,1-2H3,(H,21,22). The van der Waals surface area contributed by atoms with Gasteiger partial charge in [0.2, 0.25) is 5.91 Å². The van der Waals surface area contributed by atoms with Crippen LogP contribution in [0.3, 0.4) is 0 Å². The molecule has 1 aliphatic heterocycles. The largest absolute Gasteiger partial charge is 0.492 e. The number of nitrogens with one attached hydrogen (secondary N) is 1. The van der Waals surface area contributed by atoms with Gasteiger partial charge in [0, 0.05) is 12.1 Å². The predicted molar refractivity (Wildman–Crippen MR) is 96.3 cm³/mol. The molecule has 0 saturated heterocycles. The van der Waals surface area contributed by atoms with Gasteiger partial charge in [-0.25, -0.2) is 0 Å². The molecule has 1 heterocycles. The van der Waals surface area contributed by atoms with Gasteiger partial charge >= 0.3 is 7.12 Å². The number of hydrogen-bond donors (Lipinski definition) is 2. The highest BCUT2D eigenvalue weighted by molar-refractivity contribution is 6.62. The predicted octanol–water partition coefficient (Wildman–Crippen LogP) is 2.60. The summed E-state index contributed by atoms with van der Waals surface area (Å²) in [6.45, 7) is 4.69. The van der Waals surface area contributed by atoms with Crippen LogP contribution in [0.15, 0.2) is 42.5 Å². The Labute approximate surface area is 143 Å². The van der Waals surface area contributed by atoms with Crippen LogP contribution in [0.25, 0.3) is 0 Å². The maximum absolute atomic E-state index is 12.2. The fraction of sp³-hybridized carbons (Fsp3) is 0.316. The lowest BCUT2D eigenvalue weighted by Gasteiger charge is -2.11. The lowest BCUT2D eigenvalue weighted by atomic mass is 9.75. The highest BCUT2D eigenvalue weighted by atomic mass is 16.5. The van der Waals surface area contributed by atoms with E-state index >= 15 is 0 Å². The molecule has 0 unspecified atom stereocenters. The summed E-state index contributed by atoms with van der Waals surface area (Å²) in [6, 6.07) is 13.8. The van der Waals surface area contributed by atoms with Gasteiger partial charge in [-0.3, -0.25) is 4.79 Å². The van der Waals surface area contributed by atoms with Crippen molar-refractivity contribution in [3.63, 3.8) is 0 Å². The van der Waals surface area contributed by atoms with Crippen LogP contribution in [0.2, 0.25) is 0 Å². The molecule has 0 spiro atoms. The van der Waals surface area contributed by atoms with Crippen molar-refractivity contribution in [3.05, 3.63) is 59.2 Å². The zero-order valence-electron chi connectivity index (χ0n) is 14.1. The van der Waals surface area contributed by atoms with Crippen molar-refractivity contribution in [3.8, 4) is 0 Å². The van der Waals surface area contributed by atoms with Crippen molar-refractivity contribution in [1.82, 2.24) is 0 Å². The second-order valence-electron chi connectivity index (χ2n) is 6.48. The van der Waals surface area contributed by atoms with Gasteiger partial charge in [-0.1, -0.05) is 44.2 Å². The van der Waals surface area contributed by atoms with Crippen LogP contribution < -0.4 is 10.8 Å². The van der Waals surface area contributed by atoms with E-state index < -0.39 is 7.12 Å². The van der Waals surface area contributed by atoms with Crippen molar-refractivity contribution in [2.24, 2.45) is 0 Å². The quantitative estimate of drug-likeness (QED) is 0.832. The third-order valence-electron chi connectivity index (χ3n) is 4.39. The van der Waals surface area contributed by atoms with Gasteiger partial charge in [0.05, 0.1) is 6.61 Å². The fourth-order valence-electron chi connectivity index (χ4n) is 3.03. The zero-order chi connectivity index (χ0) is 17.1. The Bertz CT molecular complexity index is 745. The summed E-state index contributed by atoms with van der Waals surface area (Å²) in [4.78, 5) is 12.2. The van der Waals surface area contributed by atoms with E-state index in [1.54, 1.807) is 0 Å². The Balaban J connectivity index is 1.63. The van der Waals surface area contributed by atoms with Crippen molar-refractivity contribution in [2.75, 3.05) is 5.32 Å². The molecule has 0 fully saturated rings. The van der Waals surface area contributed by atoms with Crippen LogP contribution >= 0.6 is 0 Å². The summed E-state index contributed by atoms with van der Waals surface area (Å²) in [5.74, 6) is 0.400. The molecule has 2 aromatic rings. The summed E-state index contributed by atoms with van der Waals surface area (Å²) < 4.78 is 5.26. The average Bonchev–Trinajstić information content (AvgIpc) is 2.95. The van der Waals surface area contributed by atoms with Gasteiger partial charge in [0.15, 0.2) is 0 Å². The third-order valence-corrected chi connectivity index (χ3v) is 4.39. The van der Waals surface area contributed by atoms with E-state index in [9.17, 15) is 9.82 Å². The first-order valence-corrected chi connectivity index (χ1v) is 8.34. The van der Waals surface area contributed by atoms with Gasteiger partial charge in [0.1, 0.15) is 0 Å². The molecular weight excluding hydrogens is 301 g/mol. The topological polar surface area (TPSA) is 58.6 Å². The molecule has 2 aromatic carbocycles. The molecular formula is C19H22BNO3. The summed E-state index contributed by atoms with van der Waals surface area (Å²) in [7, 11) is -0.873. The lowest BCUT2D eigenvalue weighted by molar-refractivity contribution is -0.116. The monoisotopic (exact) mass is 323 g/mol. The maximum Gasteiger partial charge on any atom is 0.492 e. The highest BCUT2D eigenvalue weighted by Crippen LogP contribution is 2.19. The Morgan fingerprint density at radius 2 is 2.08 bits per heavy atom. The van der Waals surface area contributed by atoms with Gasteiger partial charge in [-0.2, -0.15) is 0 Å². The smallest absolute Gasteiger partial charge is 0.423 e. The summed E-state index contributed by atoms with van der Waals surface area (Å²) in [6.07, 6.45) is 0.953. The third kappa shape index (κ3) is 3.69. The van der Waals surface area contributed by atoms with Gasteiger partial charge in [-0.05, 0) is 46.6 Å². The molecule has 4 nitrogen and oxygen atoms in total. The molecule has 1 amide bonds. The van der Waals surface area contributed by atoms with Crippen LogP contribution in [0, 0.1) is 0 Å². The van der Waals surface area contributed by atoms with Crippen LogP contribution in [0.5, 0.6) is 0 Å². The summed E-state index contributed by atoms with van der Waals surface area (Å²) >= 11 is 0. The van der Waals surface area contributed by atoms with E-state index in [2.05, 4.69) is 25.2 Å². The molecule has 0 bridgehead atoms. The minimum absolute atomic E-state index is 0.0260. The molecule has 0 aromatic heterocycles. The van der Waals surface area contributed by atoms with Gasteiger partial charge in [-0.15, -0.1) is 0 Å². The number of benzene rings is 2. The molecule has 2 N–H and O–H groups in total. The van der Waals surface area contributed by atoms with Crippen LogP contribution in [0.4, 0.5) is 5.69 Å². The number of carbonyl (C=O) groups excluding carboxylic acids is 1. The van der Waals surface area contributed by atoms with Crippen molar-refractivity contribution >= 4 is 24.2 Å². The fourth-order valence-corrected chi connectivity index (χ4v) is 3.03. The van der Waals surface area contributed by atoms with Crippen LogP contribution in [0.1, 0.15) is 42.9 Å². The molecule has 1 aliphatic rings. The number of anilines is 1. The Kier molecular flexibility index (Phi) is 5.02. The number of amides is 1. The summed E-state index contributed by atoms with van der Waals surface area (Å²) in [5, 5.41) is 12.9. The second-order valence-corrected chi connectivity index (χ2v) is 6.48. The molecule has 0 saturated carbocycles. The van der Waals surface area contributed by atoms with Gasteiger partial charge in [0.25, 0.3) is 0 Å². The minimum atomic E-state index is -0.873. The van der Waals surface area contributed by atoms with E-state index in [1.165, 1.54) is 5.56 Å². The zero-order valence-corrected chi connectivity index (χ0v) is 14.1. The normalized spacial score (nSPS) is 13.2. The molecule has 24 heavy (non-hydrogen) atoms. The molecule has 5 heteroatoms. The Morgan fingerprint density at radius 3 is 2.88 bits per heavy atom.